The predicted molar refractivity (Wildman–Crippen MR) is 115 cm³/mol. The standard InChI is InChI=1S/C23H27N3O2/c1-25(2)21-13-12-19(17-20(21)23(28)26-15-7-4-8-16-26)24-22(27)14-11-18-9-5-3-6-10-18/h3,5-6,9-14,17H,4,7-8,15-16H2,1-2H3,(H,24,27)/b14-11+. The van der Waals surface area contributed by atoms with Gasteiger partial charge in [0, 0.05) is 44.6 Å². The summed E-state index contributed by atoms with van der Waals surface area (Å²) in [7, 11) is 3.84. The number of piperidine rings is 1. The molecule has 3 rings (SSSR count). The molecule has 0 atom stereocenters. The van der Waals surface area contributed by atoms with E-state index in [9.17, 15) is 9.59 Å². The van der Waals surface area contributed by atoms with Crippen LogP contribution in [-0.2, 0) is 4.79 Å². The van der Waals surface area contributed by atoms with Crippen molar-refractivity contribution in [3.8, 4) is 0 Å². The van der Waals surface area contributed by atoms with Crippen molar-refractivity contribution in [2.24, 2.45) is 0 Å². The van der Waals surface area contributed by atoms with Gasteiger partial charge in [-0.2, -0.15) is 0 Å². The first-order valence-corrected chi connectivity index (χ1v) is 9.69. The van der Waals surface area contributed by atoms with E-state index in [4.69, 9.17) is 0 Å². The molecule has 0 bridgehead atoms. The molecule has 1 aliphatic heterocycles. The van der Waals surface area contributed by atoms with Crippen molar-refractivity contribution in [2.75, 3.05) is 37.4 Å². The van der Waals surface area contributed by atoms with Gasteiger partial charge in [-0.05, 0) is 49.1 Å². The average Bonchev–Trinajstić information content (AvgIpc) is 2.73. The number of anilines is 2. The zero-order chi connectivity index (χ0) is 19.9. The van der Waals surface area contributed by atoms with Crippen molar-refractivity contribution in [3.05, 3.63) is 65.7 Å². The molecule has 0 aromatic heterocycles. The molecule has 5 nitrogen and oxygen atoms in total. The third-order valence-electron chi connectivity index (χ3n) is 4.85. The Morgan fingerprint density at radius 1 is 1.00 bits per heavy atom. The van der Waals surface area contributed by atoms with Gasteiger partial charge in [0.1, 0.15) is 0 Å². The second-order valence-corrected chi connectivity index (χ2v) is 7.21. The van der Waals surface area contributed by atoms with Crippen LogP contribution in [0.3, 0.4) is 0 Å². The molecule has 0 spiro atoms. The van der Waals surface area contributed by atoms with Gasteiger partial charge in [0.25, 0.3) is 5.91 Å². The van der Waals surface area contributed by atoms with E-state index < -0.39 is 0 Å². The van der Waals surface area contributed by atoms with Crippen molar-refractivity contribution in [2.45, 2.75) is 19.3 Å². The molecular formula is C23H27N3O2. The number of benzene rings is 2. The summed E-state index contributed by atoms with van der Waals surface area (Å²) in [6.07, 6.45) is 6.53. The molecule has 146 valence electrons. The Bertz CT molecular complexity index is 853. The van der Waals surface area contributed by atoms with Crippen LogP contribution in [0.4, 0.5) is 11.4 Å². The molecule has 1 fully saturated rings. The SMILES string of the molecule is CN(C)c1ccc(NC(=O)/C=C/c2ccccc2)cc1C(=O)N1CCCCC1. The first-order valence-electron chi connectivity index (χ1n) is 9.69. The summed E-state index contributed by atoms with van der Waals surface area (Å²) < 4.78 is 0. The lowest BCUT2D eigenvalue weighted by Gasteiger charge is -2.28. The topological polar surface area (TPSA) is 52.7 Å². The summed E-state index contributed by atoms with van der Waals surface area (Å²) in [6.45, 7) is 1.59. The van der Waals surface area contributed by atoms with E-state index in [1.807, 2.05) is 66.4 Å². The number of carbonyl (C=O) groups excluding carboxylic acids is 2. The molecular weight excluding hydrogens is 350 g/mol. The molecule has 1 saturated heterocycles. The third-order valence-corrected chi connectivity index (χ3v) is 4.85. The molecule has 1 aliphatic rings. The molecule has 0 aliphatic carbocycles. The summed E-state index contributed by atoms with van der Waals surface area (Å²) >= 11 is 0. The van der Waals surface area contributed by atoms with Gasteiger partial charge in [0.05, 0.1) is 5.56 Å². The summed E-state index contributed by atoms with van der Waals surface area (Å²) in [5.74, 6) is -0.197. The number of carbonyl (C=O) groups is 2. The highest BCUT2D eigenvalue weighted by atomic mass is 16.2. The smallest absolute Gasteiger partial charge is 0.256 e. The Morgan fingerprint density at radius 3 is 2.39 bits per heavy atom. The molecule has 5 heteroatoms. The number of hydrogen-bond donors (Lipinski definition) is 1. The second kappa shape index (κ2) is 9.22. The van der Waals surface area contributed by atoms with Gasteiger partial charge in [0.2, 0.25) is 5.91 Å². The van der Waals surface area contributed by atoms with Crippen LogP contribution >= 0.6 is 0 Å². The van der Waals surface area contributed by atoms with Crippen LogP contribution < -0.4 is 10.2 Å². The molecule has 0 unspecified atom stereocenters. The highest BCUT2D eigenvalue weighted by molar-refractivity contribution is 6.05. The van der Waals surface area contributed by atoms with Crippen molar-refractivity contribution in [1.82, 2.24) is 4.90 Å². The Kier molecular flexibility index (Phi) is 6.48. The zero-order valence-electron chi connectivity index (χ0n) is 16.5. The molecule has 0 saturated carbocycles. The minimum atomic E-state index is -0.224. The highest BCUT2D eigenvalue weighted by Crippen LogP contribution is 2.25. The van der Waals surface area contributed by atoms with Gasteiger partial charge in [0.15, 0.2) is 0 Å². The predicted octanol–water partition coefficient (Wildman–Crippen LogP) is 4.03. The quantitative estimate of drug-likeness (QED) is 0.801. The van der Waals surface area contributed by atoms with E-state index in [-0.39, 0.29) is 11.8 Å². The van der Waals surface area contributed by atoms with E-state index in [2.05, 4.69) is 5.32 Å². The fourth-order valence-electron chi connectivity index (χ4n) is 3.36. The fourth-order valence-corrected chi connectivity index (χ4v) is 3.36. The average molecular weight is 377 g/mol. The Balaban J connectivity index is 1.77. The van der Waals surface area contributed by atoms with Crippen molar-refractivity contribution < 1.29 is 9.59 Å². The van der Waals surface area contributed by atoms with Gasteiger partial charge in [-0.25, -0.2) is 0 Å². The lowest BCUT2D eigenvalue weighted by Crippen LogP contribution is -2.36. The molecule has 0 radical (unpaired) electrons. The largest absolute Gasteiger partial charge is 0.377 e. The molecule has 1 heterocycles. The van der Waals surface area contributed by atoms with Gasteiger partial charge >= 0.3 is 0 Å². The fraction of sp³-hybridized carbons (Fsp3) is 0.304. The van der Waals surface area contributed by atoms with Gasteiger partial charge in [-0.15, -0.1) is 0 Å². The maximum atomic E-state index is 13.0. The third kappa shape index (κ3) is 5.00. The first-order chi connectivity index (χ1) is 13.5. The van der Waals surface area contributed by atoms with Crippen LogP contribution in [0.5, 0.6) is 0 Å². The lowest BCUT2D eigenvalue weighted by molar-refractivity contribution is -0.111. The normalized spacial score (nSPS) is 14.1. The minimum absolute atomic E-state index is 0.0272. The molecule has 2 aromatic rings. The van der Waals surface area contributed by atoms with Gasteiger partial charge in [-0.3, -0.25) is 9.59 Å². The van der Waals surface area contributed by atoms with Crippen molar-refractivity contribution >= 4 is 29.3 Å². The van der Waals surface area contributed by atoms with Crippen molar-refractivity contribution in [3.63, 3.8) is 0 Å². The van der Waals surface area contributed by atoms with E-state index in [0.29, 0.717) is 11.3 Å². The van der Waals surface area contributed by atoms with Crippen LogP contribution in [0.25, 0.3) is 6.08 Å². The molecule has 28 heavy (non-hydrogen) atoms. The molecule has 2 amide bonds. The number of amides is 2. The van der Waals surface area contributed by atoms with E-state index in [1.54, 1.807) is 12.1 Å². The van der Waals surface area contributed by atoms with Crippen LogP contribution in [0.1, 0.15) is 35.2 Å². The number of hydrogen-bond acceptors (Lipinski definition) is 3. The second-order valence-electron chi connectivity index (χ2n) is 7.21. The van der Waals surface area contributed by atoms with Crippen LogP contribution in [0.2, 0.25) is 0 Å². The van der Waals surface area contributed by atoms with E-state index in [0.717, 1.165) is 37.2 Å². The summed E-state index contributed by atoms with van der Waals surface area (Å²) in [6, 6.07) is 15.2. The van der Waals surface area contributed by atoms with E-state index >= 15 is 0 Å². The Hall–Kier alpha value is -3.08. The van der Waals surface area contributed by atoms with Gasteiger partial charge in [-0.1, -0.05) is 30.3 Å². The van der Waals surface area contributed by atoms with Gasteiger partial charge < -0.3 is 15.1 Å². The number of nitrogens with one attached hydrogen (secondary N) is 1. The summed E-state index contributed by atoms with van der Waals surface area (Å²) in [5.41, 5.74) is 3.06. The lowest BCUT2D eigenvalue weighted by atomic mass is 10.1. The number of rotatable bonds is 5. The zero-order valence-corrected chi connectivity index (χ0v) is 16.5. The first kappa shape index (κ1) is 19.7. The molecule has 1 N–H and O–H groups in total. The summed E-state index contributed by atoms with van der Waals surface area (Å²) in [4.78, 5) is 29.2. The number of likely N-dealkylation sites (tertiary alicyclic amines) is 1. The van der Waals surface area contributed by atoms with Crippen LogP contribution in [-0.4, -0.2) is 43.9 Å². The maximum absolute atomic E-state index is 13.0. The Labute approximate surface area is 166 Å². The monoisotopic (exact) mass is 377 g/mol. The molecule has 2 aromatic carbocycles. The Morgan fingerprint density at radius 2 is 1.71 bits per heavy atom. The van der Waals surface area contributed by atoms with Crippen molar-refractivity contribution in [1.29, 1.82) is 0 Å². The van der Waals surface area contributed by atoms with E-state index in [1.165, 1.54) is 12.5 Å². The van der Waals surface area contributed by atoms with Crippen LogP contribution in [0, 0.1) is 0 Å². The highest BCUT2D eigenvalue weighted by Gasteiger charge is 2.22. The number of nitrogens with zero attached hydrogens (tertiary/aromatic N) is 2. The minimum Gasteiger partial charge on any atom is -0.377 e. The maximum Gasteiger partial charge on any atom is 0.256 e. The van der Waals surface area contributed by atoms with Crippen LogP contribution in [0.15, 0.2) is 54.6 Å². The summed E-state index contributed by atoms with van der Waals surface area (Å²) in [5, 5.41) is 2.86.